The summed E-state index contributed by atoms with van der Waals surface area (Å²) < 4.78 is 33.4. The number of anilines is 1. The molecule has 9 heteroatoms. The maximum absolute atomic E-state index is 14.3. The molecule has 3 aliphatic carbocycles. The number of ketones is 1. The summed E-state index contributed by atoms with van der Waals surface area (Å²) in [4.78, 5) is 29.5. The van der Waals surface area contributed by atoms with Crippen molar-refractivity contribution in [3.63, 3.8) is 0 Å². The van der Waals surface area contributed by atoms with E-state index in [1.165, 1.54) is 6.07 Å². The third kappa shape index (κ3) is 7.89. The number of allylic oxidation sites excluding steroid dienone is 2. The van der Waals surface area contributed by atoms with Crippen LogP contribution in [0.1, 0.15) is 98.7 Å². The Kier molecular flexibility index (Phi) is 11.2. The maximum atomic E-state index is 14.3. The van der Waals surface area contributed by atoms with Gasteiger partial charge in [0.05, 0.1) is 25.4 Å². The first-order valence-corrected chi connectivity index (χ1v) is 17.3. The zero-order valence-electron chi connectivity index (χ0n) is 28.9. The third-order valence-corrected chi connectivity index (χ3v) is 10.7. The van der Waals surface area contributed by atoms with Gasteiger partial charge in [0.2, 0.25) is 0 Å². The minimum atomic E-state index is -1.31. The molecule has 1 fully saturated rings. The van der Waals surface area contributed by atoms with E-state index in [2.05, 4.69) is 25.2 Å². The molecule has 3 aromatic rings. The van der Waals surface area contributed by atoms with Gasteiger partial charge in [-0.2, -0.15) is 0 Å². The first-order valence-electron chi connectivity index (χ1n) is 17.3. The van der Waals surface area contributed by atoms with E-state index >= 15 is 0 Å². The number of methoxy groups -OCH3 is 1. The first-order chi connectivity index (χ1) is 23.4. The van der Waals surface area contributed by atoms with E-state index < -0.39 is 34.5 Å². The number of nitrogens with one attached hydrogen (secondary N) is 1. The van der Waals surface area contributed by atoms with Gasteiger partial charge in [0, 0.05) is 28.8 Å². The minimum Gasteiger partial charge on any atom is -0.497 e. The van der Waals surface area contributed by atoms with Crippen LogP contribution in [-0.2, 0) is 6.42 Å². The molecule has 2 bridgehead atoms. The summed E-state index contributed by atoms with van der Waals surface area (Å²) in [6.45, 7) is 6.61. The van der Waals surface area contributed by atoms with Crippen LogP contribution in [0.25, 0.3) is 0 Å². The van der Waals surface area contributed by atoms with Gasteiger partial charge in [-0.1, -0.05) is 37.6 Å². The van der Waals surface area contributed by atoms with Crippen LogP contribution in [0.15, 0.2) is 72.3 Å². The van der Waals surface area contributed by atoms with Crippen molar-refractivity contribution in [1.29, 1.82) is 0 Å². The fraction of sp³-hybridized carbons (Fsp3) is 0.450. The number of carbonyl (C=O) groups is 2. The Hall–Kier alpha value is -4.08. The summed E-state index contributed by atoms with van der Waals surface area (Å²) >= 11 is 0. The average Bonchev–Trinajstić information content (AvgIpc) is 3.33. The molecule has 6 rings (SSSR count). The van der Waals surface area contributed by atoms with Crippen LogP contribution in [0.2, 0.25) is 0 Å². The number of hydrogen-bond acceptors (Lipinski definition) is 5. The third-order valence-electron chi connectivity index (χ3n) is 10.7. The summed E-state index contributed by atoms with van der Waals surface area (Å²) in [6, 6.07) is 15.5. The van der Waals surface area contributed by atoms with Crippen molar-refractivity contribution in [2.45, 2.75) is 89.8 Å². The molecular weight excluding hydrogens is 626 g/mol. The molecule has 49 heavy (non-hydrogen) atoms. The fourth-order valence-corrected chi connectivity index (χ4v) is 7.70. The minimum absolute atomic E-state index is 0.0248. The second-order valence-electron chi connectivity index (χ2n) is 14.0. The van der Waals surface area contributed by atoms with Gasteiger partial charge in [-0.3, -0.25) is 4.79 Å². The van der Waals surface area contributed by atoms with Gasteiger partial charge in [-0.05, 0) is 124 Å². The normalized spacial score (nSPS) is 24.0. The largest absolute Gasteiger partial charge is 0.497 e. The van der Waals surface area contributed by atoms with Crippen LogP contribution >= 0.6 is 0 Å². The lowest BCUT2D eigenvalue weighted by Gasteiger charge is -2.46. The number of aliphatic hydroxyl groups excluding tert-OH is 1. The number of urea groups is 1. The quantitative estimate of drug-likeness (QED) is 0.165. The van der Waals surface area contributed by atoms with Crippen molar-refractivity contribution < 1.29 is 33.3 Å². The predicted octanol–water partition coefficient (Wildman–Crippen LogP) is 8.19. The highest BCUT2D eigenvalue weighted by atomic mass is 19.2. The SMILES string of the molecule is CCCN(C[C@]1(O)CC[C@H]2c3ccc(cc3C(=O)c3ccc(F)c(F)c3)C[C@@H](O)CCC(C)=CCC[C@@]21C)C(=O)Nc1ccc(OC)cc1. The van der Waals surface area contributed by atoms with Crippen LogP contribution < -0.4 is 10.1 Å². The lowest BCUT2D eigenvalue weighted by atomic mass is 9.64. The second-order valence-corrected chi connectivity index (χ2v) is 14.0. The zero-order chi connectivity index (χ0) is 35.3. The summed E-state index contributed by atoms with van der Waals surface area (Å²) in [5.41, 5.74) is 1.55. The van der Waals surface area contributed by atoms with Gasteiger partial charge < -0.3 is 25.2 Å². The van der Waals surface area contributed by atoms with Gasteiger partial charge in [-0.25, -0.2) is 13.6 Å². The van der Waals surface area contributed by atoms with Gasteiger partial charge >= 0.3 is 6.03 Å². The number of hydrogen-bond donors (Lipinski definition) is 3. The standard InChI is InChI=1S/C40H48F2N2O5/c1-5-21-44(38(47)43-29-11-14-31(49-4)15-12-29)25-40(48)20-18-34-32-16-9-27(22-30(45)13-8-26(2)7-6-19-39(34,40)3)23-33(32)37(46)28-10-17-35(41)36(42)24-28/h7,9-12,14-17,23-24,30,34,45,48H,5-6,8,13,18-22,25H2,1-4H3,(H,43,47)/t30-,34-,39-,40+/m0/s1. The lowest BCUT2D eigenvalue weighted by Crippen LogP contribution is -2.54. The molecule has 0 aliphatic heterocycles. The number of amides is 2. The number of benzene rings is 3. The predicted molar refractivity (Wildman–Crippen MR) is 187 cm³/mol. The van der Waals surface area contributed by atoms with Crippen LogP contribution in [0.5, 0.6) is 5.75 Å². The molecule has 7 nitrogen and oxygen atoms in total. The van der Waals surface area contributed by atoms with Gasteiger partial charge in [-0.15, -0.1) is 0 Å². The van der Waals surface area contributed by atoms with Crippen LogP contribution in [0.4, 0.5) is 19.3 Å². The van der Waals surface area contributed by atoms with Crippen molar-refractivity contribution in [1.82, 2.24) is 4.90 Å². The van der Waals surface area contributed by atoms with Crippen LogP contribution in [0, 0.1) is 17.0 Å². The van der Waals surface area contributed by atoms with E-state index in [0.717, 1.165) is 23.3 Å². The summed E-state index contributed by atoms with van der Waals surface area (Å²) in [5, 5.41) is 26.5. The van der Waals surface area contributed by atoms with Crippen molar-refractivity contribution in [3.05, 3.63) is 106 Å². The molecule has 0 aromatic heterocycles. The van der Waals surface area contributed by atoms with E-state index in [0.29, 0.717) is 80.5 Å². The monoisotopic (exact) mass is 674 g/mol. The summed E-state index contributed by atoms with van der Waals surface area (Å²) in [5.74, 6) is -2.20. The number of halogens is 2. The molecule has 2 amide bonds. The van der Waals surface area contributed by atoms with Gasteiger partial charge in [0.25, 0.3) is 0 Å². The number of nitrogens with zero attached hydrogens (tertiary/aromatic N) is 1. The van der Waals surface area contributed by atoms with Crippen LogP contribution in [0.3, 0.4) is 0 Å². The van der Waals surface area contributed by atoms with Crippen molar-refractivity contribution in [3.8, 4) is 5.75 Å². The van der Waals surface area contributed by atoms with Gasteiger partial charge in [0.15, 0.2) is 17.4 Å². The number of fused-ring (bicyclic) bond motifs is 8. The Morgan fingerprint density at radius 1 is 1.02 bits per heavy atom. The molecule has 0 unspecified atom stereocenters. The molecule has 0 saturated heterocycles. The lowest BCUT2D eigenvalue weighted by molar-refractivity contribution is -0.0763. The molecule has 0 radical (unpaired) electrons. The Bertz CT molecular complexity index is 1690. The molecule has 3 aromatic carbocycles. The summed E-state index contributed by atoms with van der Waals surface area (Å²) in [7, 11) is 1.58. The van der Waals surface area contributed by atoms with Crippen molar-refractivity contribution in [2.75, 3.05) is 25.5 Å². The highest BCUT2D eigenvalue weighted by Crippen LogP contribution is 2.59. The zero-order valence-corrected chi connectivity index (χ0v) is 28.9. The number of carbonyl (C=O) groups excluding carboxylic acids is 2. The molecule has 0 heterocycles. The van der Waals surface area contributed by atoms with Crippen LogP contribution in [-0.4, -0.2) is 58.8 Å². The molecule has 1 saturated carbocycles. The van der Waals surface area contributed by atoms with E-state index in [-0.39, 0.29) is 24.1 Å². The van der Waals surface area contributed by atoms with Crippen molar-refractivity contribution in [2.24, 2.45) is 5.41 Å². The van der Waals surface area contributed by atoms with E-state index in [1.807, 2.05) is 19.1 Å². The van der Waals surface area contributed by atoms with E-state index in [4.69, 9.17) is 4.74 Å². The Morgan fingerprint density at radius 3 is 2.47 bits per heavy atom. The first kappa shape index (κ1) is 36.2. The second kappa shape index (κ2) is 15.2. The van der Waals surface area contributed by atoms with E-state index in [1.54, 1.807) is 42.3 Å². The topological polar surface area (TPSA) is 99.1 Å². The smallest absolute Gasteiger partial charge is 0.321 e. The summed E-state index contributed by atoms with van der Waals surface area (Å²) in [6.07, 6.45) is 6.02. The molecule has 0 spiro atoms. The highest BCUT2D eigenvalue weighted by Gasteiger charge is 2.57. The van der Waals surface area contributed by atoms with Crippen molar-refractivity contribution >= 4 is 17.5 Å². The molecule has 262 valence electrons. The highest BCUT2D eigenvalue weighted by molar-refractivity contribution is 6.10. The number of aliphatic hydroxyl groups is 2. The molecule has 3 N–H and O–H groups in total. The maximum Gasteiger partial charge on any atom is 0.321 e. The Labute approximate surface area is 288 Å². The molecule has 4 atom stereocenters. The molecular formula is C40H48F2N2O5. The Morgan fingerprint density at radius 2 is 1.78 bits per heavy atom. The van der Waals surface area contributed by atoms with Gasteiger partial charge in [0.1, 0.15) is 5.75 Å². The Balaban J connectivity index is 1.55. The fourth-order valence-electron chi connectivity index (χ4n) is 7.70. The number of ether oxygens (including phenoxy) is 1. The molecule has 3 aliphatic rings. The van der Waals surface area contributed by atoms with E-state index in [9.17, 15) is 28.6 Å². The number of rotatable bonds is 8. The average molecular weight is 675 g/mol.